The molecule has 0 spiro atoms. The lowest BCUT2D eigenvalue weighted by molar-refractivity contribution is 0.0373. The first-order valence-corrected chi connectivity index (χ1v) is 14.4. The molecular weight excluding hydrogens is 509 g/mol. The number of halogens is 1. The van der Waals surface area contributed by atoms with E-state index in [1.165, 1.54) is 38.1 Å². The number of benzene rings is 1. The second kappa shape index (κ2) is 11.8. The van der Waals surface area contributed by atoms with E-state index in [0.717, 1.165) is 23.2 Å². The molecule has 1 aromatic heterocycles. The average molecular weight is 544 g/mol. The van der Waals surface area contributed by atoms with Crippen LogP contribution in [-0.4, -0.2) is 72.5 Å². The molecule has 1 N–H and O–H groups in total. The fourth-order valence-electron chi connectivity index (χ4n) is 4.80. The number of nitrogens with zero attached hydrogens (tertiary/aromatic N) is 3. The van der Waals surface area contributed by atoms with Crippen molar-refractivity contribution in [3.63, 3.8) is 0 Å². The van der Waals surface area contributed by atoms with Gasteiger partial charge in [0.2, 0.25) is 15.9 Å². The lowest BCUT2D eigenvalue weighted by Crippen LogP contribution is -2.50. The van der Waals surface area contributed by atoms with Crippen molar-refractivity contribution in [1.82, 2.24) is 14.2 Å². The molecule has 1 aliphatic carbocycles. The van der Waals surface area contributed by atoms with Crippen molar-refractivity contribution in [3.05, 3.63) is 53.5 Å². The smallest absolute Gasteiger partial charge is 0.259 e. The molecule has 1 fully saturated rings. The molecule has 4 rings (SSSR count). The summed E-state index contributed by atoms with van der Waals surface area (Å²) in [4.78, 5) is 19.4. The Kier molecular flexibility index (Phi) is 8.71. The Morgan fingerprint density at radius 3 is 2.71 bits per heavy atom. The van der Waals surface area contributed by atoms with E-state index in [2.05, 4.69) is 16.8 Å². The number of amides is 1. The Morgan fingerprint density at radius 2 is 2.03 bits per heavy atom. The Bertz CT molecular complexity index is 1330. The van der Waals surface area contributed by atoms with Gasteiger partial charge in [0.1, 0.15) is 17.5 Å². The molecule has 2 aliphatic rings. The highest BCUT2D eigenvalue weighted by atomic mass is 32.2. The van der Waals surface area contributed by atoms with Crippen LogP contribution >= 0.6 is 0 Å². The number of hydrogen-bond acceptors (Lipinski definition) is 6. The van der Waals surface area contributed by atoms with Crippen molar-refractivity contribution in [1.29, 1.82) is 0 Å². The summed E-state index contributed by atoms with van der Waals surface area (Å²) in [5.41, 5.74) is 0.816. The summed E-state index contributed by atoms with van der Waals surface area (Å²) in [6.07, 6.45) is 5.37. The number of sulfonamides is 1. The van der Waals surface area contributed by atoms with Gasteiger partial charge >= 0.3 is 0 Å². The van der Waals surface area contributed by atoms with Crippen LogP contribution in [0.1, 0.15) is 55.5 Å². The van der Waals surface area contributed by atoms with Crippen molar-refractivity contribution in [3.8, 4) is 17.7 Å². The first-order chi connectivity index (χ1) is 18.1. The van der Waals surface area contributed by atoms with Crippen molar-refractivity contribution in [2.45, 2.75) is 56.6 Å². The Hall–Kier alpha value is -3.00. The average Bonchev–Trinajstić information content (AvgIpc) is 3.43. The maximum Gasteiger partial charge on any atom is 0.259 e. The fourth-order valence-corrected chi connectivity index (χ4v) is 6.02. The highest BCUT2D eigenvalue weighted by Gasteiger charge is 2.36. The second-order valence-electron chi connectivity index (χ2n) is 10.2. The van der Waals surface area contributed by atoms with Crippen LogP contribution in [0.2, 0.25) is 0 Å². The molecule has 1 aliphatic heterocycles. The van der Waals surface area contributed by atoms with Gasteiger partial charge in [0, 0.05) is 37.2 Å². The number of rotatable bonds is 6. The van der Waals surface area contributed by atoms with Crippen LogP contribution in [0.25, 0.3) is 0 Å². The maximum atomic E-state index is 13.7. The molecule has 1 saturated carbocycles. The summed E-state index contributed by atoms with van der Waals surface area (Å²) in [5.74, 6) is 5.56. The SMILES string of the molecule is C[C@H](CO)N1C[C@H](C)[C@@H](CN(C)S(=O)(=O)c2cccc(F)c2)Oc2ncc(C#CC3CCCC3)cc2C1=O. The maximum absolute atomic E-state index is 13.7. The van der Waals surface area contributed by atoms with Gasteiger partial charge in [0.25, 0.3) is 5.91 Å². The summed E-state index contributed by atoms with van der Waals surface area (Å²) in [6, 6.07) is 6.02. The van der Waals surface area contributed by atoms with Gasteiger partial charge in [-0.3, -0.25) is 4.79 Å². The number of fused-ring (bicyclic) bond motifs is 1. The number of pyridine rings is 1. The van der Waals surface area contributed by atoms with Gasteiger partial charge in [-0.15, -0.1) is 0 Å². The molecule has 204 valence electrons. The number of hydrogen-bond donors (Lipinski definition) is 1. The molecular formula is C28H34FN3O5S. The van der Waals surface area contributed by atoms with Crippen LogP contribution in [0.3, 0.4) is 0 Å². The van der Waals surface area contributed by atoms with Crippen molar-refractivity contribution in [2.75, 3.05) is 26.7 Å². The zero-order chi connectivity index (χ0) is 27.4. The number of ether oxygens (including phenoxy) is 1. The van der Waals surface area contributed by atoms with Gasteiger partial charge in [0.05, 0.1) is 24.1 Å². The van der Waals surface area contributed by atoms with E-state index in [1.54, 1.807) is 24.1 Å². The largest absolute Gasteiger partial charge is 0.472 e. The predicted molar refractivity (Wildman–Crippen MR) is 140 cm³/mol. The third kappa shape index (κ3) is 6.17. The lowest BCUT2D eigenvalue weighted by atomic mass is 10.00. The lowest BCUT2D eigenvalue weighted by Gasteiger charge is -2.37. The highest BCUT2D eigenvalue weighted by Crippen LogP contribution is 2.29. The molecule has 1 aromatic carbocycles. The number of likely N-dealkylation sites (N-methyl/N-ethyl adjacent to an activating group) is 1. The third-order valence-corrected chi connectivity index (χ3v) is 9.06. The molecule has 2 heterocycles. The molecule has 8 nitrogen and oxygen atoms in total. The van der Waals surface area contributed by atoms with E-state index in [1.807, 2.05) is 6.92 Å². The second-order valence-corrected chi connectivity index (χ2v) is 12.2. The molecule has 0 saturated heterocycles. The molecule has 1 amide bonds. The normalized spacial score (nSPS) is 21.2. The van der Waals surface area contributed by atoms with E-state index in [-0.39, 0.29) is 47.9 Å². The summed E-state index contributed by atoms with van der Waals surface area (Å²) < 4.78 is 47.3. The van der Waals surface area contributed by atoms with Crippen LogP contribution in [-0.2, 0) is 10.0 Å². The van der Waals surface area contributed by atoms with E-state index in [9.17, 15) is 22.7 Å². The van der Waals surface area contributed by atoms with Crippen LogP contribution in [0.5, 0.6) is 5.88 Å². The minimum absolute atomic E-state index is 0.0556. The third-order valence-electron chi connectivity index (χ3n) is 7.24. The molecule has 10 heteroatoms. The van der Waals surface area contributed by atoms with E-state index >= 15 is 0 Å². The number of aliphatic hydroxyl groups excluding tert-OH is 1. The zero-order valence-electron chi connectivity index (χ0n) is 21.9. The van der Waals surface area contributed by atoms with Gasteiger partial charge in [-0.05, 0) is 44.0 Å². The number of aromatic nitrogens is 1. The van der Waals surface area contributed by atoms with Gasteiger partial charge < -0.3 is 14.7 Å². The summed E-state index contributed by atoms with van der Waals surface area (Å²) in [7, 11) is -2.59. The Balaban J connectivity index is 1.66. The molecule has 0 unspecified atom stereocenters. The van der Waals surface area contributed by atoms with E-state index < -0.39 is 28.0 Å². The van der Waals surface area contributed by atoms with Crippen LogP contribution in [0.15, 0.2) is 41.4 Å². The molecule has 3 atom stereocenters. The number of aliphatic hydroxyl groups is 1. The van der Waals surface area contributed by atoms with Crippen LogP contribution in [0.4, 0.5) is 4.39 Å². The molecule has 38 heavy (non-hydrogen) atoms. The van der Waals surface area contributed by atoms with E-state index in [4.69, 9.17) is 4.74 Å². The zero-order valence-corrected chi connectivity index (χ0v) is 22.7. The summed E-state index contributed by atoms with van der Waals surface area (Å²) in [5, 5.41) is 9.85. The molecule has 0 bridgehead atoms. The van der Waals surface area contributed by atoms with Crippen molar-refractivity contribution >= 4 is 15.9 Å². The molecule has 0 radical (unpaired) electrons. The number of carbonyl (C=O) groups is 1. The van der Waals surface area contributed by atoms with Gasteiger partial charge in [-0.25, -0.2) is 17.8 Å². The highest BCUT2D eigenvalue weighted by molar-refractivity contribution is 7.89. The van der Waals surface area contributed by atoms with Gasteiger partial charge in [-0.1, -0.05) is 37.7 Å². The topological polar surface area (TPSA) is 100 Å². The van der Waals surface area contributed by atoms with Gasteiger partial charge in [-0.2, -0.15) is 4.31 Å². The van der Waals surface area contributed by atoms with Crippen LogP contribution in [0, 0.1) is 29.5 Å². The van der Waals surface area contributed by atoms with E-state index in [0.29, 0.717) is 11.5 Å². The first-order valence-electron chi connectivity index (χ1n) is 12.9. The van der Waals surface area contributed by atoms with Crippen molar-refractivity contribution < 1.29 is 27.4 Å². The first kappa shape index (κ1) is 28.0. The monoisotopic (exact) mass is 543 g/mol. The molecule has 2 aromatic rings. The quantitative estimate of drug-likeness (QED) is 0.562. The number of carbonyl (C=O) groups excluding carboxylic acids is 1. The predicted octanol–water partition coefficient (Wildman–Crippen LogP) is 3.30. The van der Waals surface area contributed by atoms with Gasteiger partial charge in [0.15, 0.2) is 0 Å². The summed E-state index contributed by atoms with van der Waals surface area (Å²) in [6.45, 7) is 3.54. The van der Waals surface area contributed by atoms with Crippen LogP contribution < -0.4 is 4.74 Å². The summed E-state index contributed by atoms with van der Waals surface area (Å²) >= 11 is 0. The Labute approximate surface area is 223 Å². The van der Waals surface area contributed by atoms with Crippen molar-refractivity contribution in [2.24, 2.45) is 11.8 Å². The Morgan fingerprint density at radius 1 is 1.29 bits per heavy atom. The minimum atomic E-state index is -4.00. The minimum Gasteiger partial charge on any atom is -0.472 e. The fraction of sp³-hybridized carbons (Fsp3) is 0.500. The standard InChI is InChI=1S/C28H34FN3O5S/c1-19-16-32(20(2)18-33)28(34)25-13-22(12-11-21-7-4-5-8-21)15-30-27(25)37-26(19)17-31(3)38(35,36)24-10-6-9-23(29)14-24/h6,9-10,13-15,19-21,26,33H,4-5,7-8,16-18H2,1-3H3/t19-,20+,26+/m0/s1.